The number of terminal acetylenes is 1. The maximum atomic E-state index is 5.29. The van der Waals surface area contributed by atoms with E-state index in [0.29, 0.717) is 0 Å². The van der Waals surface area contributed by atoms with Crippen molar-refractivity contribution in [1.82, 2.24) is 0 Å². The SMILES string of the molecule is C#CCCCN1CCCNc2ccccc21. The first kappa shape index (κ1) is 10.9. The fraction of sp³-hybridized carbons (Fsp3) is 0.429. The predicted molar refractivity (Wildman–Crippen MR) is 69.8 cm³/mol. The third-order valence-electron chi connectivity index (χ3n) is 2.91. The van der Waals surface area contributed by atoms with Crippen LogP contribution >= 0.6 is 0 Å². The molecule has 0 fully saturated rings. The highest BCUT2D eigenvalue weighted by atomic mass is 15.2. The number of para-hydroxylation sites is 2. The van der Waals surface area contributed by atoms with E-state index in [9.17, 15) is 0 Å². The number of unbranched alkanes of at least 4 members (excludes halogenated alkanes) is 1. The molecule has 2 heteroatoms. The van der Waals surface area contributed by atoms with Gasteiger partial charge in [0.05, 0.1) is 11.4 Å². The summed E-state index contributed by atoms with van der Waals surface area (Å²) in [7, 11) is 0. The minimum absolute atomic E-state index is 0.867. The lowest BCUT2D eigenvalue weighted by Gasteiger charge is -2.23. The Kier molecular flexibility index (Phi) is 3.71. The second-order valence-corrected chi connectivity index (χ2v) is 4.09. The molecule has 1 aromatic rings. The Hall–Kier alpha value is -1.62. The lowest BCUT2D eigenvalue weighted by Crippen LogP contribution is -2.24. The molecular weight excluding hydrogens is 196 g/mol. The Morgan fingerprint density at radius 3 is 3.12 bits per heavy atom. The van der Waals surface area contributed by atoms with E-state index >= 15 is 0 Å². The fourth-order valence-electron chi connectivity index (χ4n) is 2.12. The molecule has 2 rings (SSSR count). The molecule has 1 aliphatic heterocycles. The highest BCUT2D eigenvalue weighted by Crippen LogP contribution is 2.27. The van der Waals surface area contributed by atoms with Gasteiger partial charge in [0, 0.05) is 26.1 Å². The van der Waals surface area contributed by atoms with Gasteiger partial charge in [-0.25, -0.2) is 0 Å². The van der Waals surface area contributed by atoms with Crippen LogP contribution in [-0.2, 0) is 0 Å². The molecule has 0 saturated heterocycles. The van der Waals surface area contributed by atoms with Crippen LogP contribution in [0.5, 0.6) is 0 Å². The zero-order chi connectivity index (χ0) is 11.2. The van der Waals surface area contributed by atoms with Crippen LogP contribution < -0.4 is 10.2 Å². The van der Waals surface area contributed by atoms with Crippen molar-refractivity contribution in [2.75, 3.05) is 29.9 Å². The van der Waals surface area contributed by atoms with Gasteiger partial charge in [0.2, 0.25) is 0 Å². The summed E-state index contributed by atoms with van der Waals surface area (Å²) in [6, 6.07) is 8.51. The third kappa shape index (κ3) is 2.49. The Morgan fingerprint density at radius 2 is 2.25 bits per heavy atom. The van der Waals surface area contributed by atoms with E-state index in [0.717, 1.165) is 32.5 Å². The molecule has 0 aromatic heterocycles. The summed E-state index contributed by atoms with van der Waals surface area (Å²) in [6.07, 6.45) is 8.42. The van der Waals surface area contributed by atoms with Gasteiger partial charge in [0.1, 0.15) is 0 Å². The first-order valence-electron chi connectivity index (χ1n) is 5.93. The summed E-state index contributed by atoms with van der Waals surface area (Å²) < 4.78 is 0. The first-order chi connectivity index (χ1) is 7.92. The molecule has 0 radical (unpaired) electrons. The minimum Gasteiger partial charge on any atom is -0.383 e. The quantitative estimate of drug-likeness (QED) is 0.615. The zero-order valence-corrected chi connectivity index (χ0v) is 9.58. The van der Waals surface area contributed by atoms with E-state index in [1.165, 1.54) is 17.8 Å². The lowest BCUT2D eigenvalue weighted by atomic mass is 10.2. The molecule has 1 N–H and O–H groups in total. The predicted octanol–water partition coefficient (Wildman–Crippen LogP) is 2.72. The largest absolute Gasteiger partial charge is 0.383 e. The van der Waals surface area contributed by atoms with Crippen molar-refractivity contribution in [1.29, 1.82) is 0 Å². The number of benzene rings is 1. The molecule has 0 aliphatic carbocycles. The molecule has 2 nitrogen and oxygen atoms in total. The van der Waals surface area contributed by atoms with E-state index in [2.05, 4.69) is 40.4 Å². The molecular formula is C14H18N2. The van der Waals surface area contributed by atoms with Gasteiger partial charge in [-0.2, -0.15) is 0 Å². The van der Waals surface area contributed by atoms with Gasteiger partial charge in [-0.05, 0) is 25.0 Å². The number of anilines is 2. The van der Waals surface area contributed by atoms with Gasteiger partial charge in [-0.15, -0.1) is 12.3 Å². The molecule has 0 amide bonds. The van der Waals surface area contributed by atoms with Crippen molar-refractivity contribution in [2.45, 2.75) is 19.3 Å². The third-order valence-corrected chi connectivity index (χ3v) is 2.91. The smallest absolute Gasteiger partial charge is 0.0602 e. The van der Waals surface area contributed by atoms with Crippen LogP contribution in [0.2, 0.25) is 0 Å². The van der Waals surface area contributed by atoms with Crippen molar-refractivity contribution in [3.8, 4) is 12.3 Å². The second kappa shape index (κ2) is 5.46. The Bertz CT molecular complexity index is 379. The van der Waals surface area contributed by atoms with Crippen LogP contribution in [0.15, 0.2) is 24.3 Å². The summed E-state index contributed by atoms with van der Waals surface area (Å²) in [6.45, 7) is 3.24. The fourth-order valence-corrected chi connectivity index (χ4v) is 2.12. The number of nitrogens with zero attached hydrogens (tertiary/aromatic N) is 1. The van der Waals surface area contributed by atoms with Gasteiger partial charge in [0.15, 0.2) is 0 Å². The Morgan fingerprint density at radius 1 is 1.38 bits per heavy atom. The van der Waals surface area contributed by atoms with Crippen LogP contribution in [0.3, 0.4) is 0 Å². The van der Waals surface area contributed by atoms with E-state index in [4.69, 9.17) is 6.42 Å². The molecule has 1 aromatic carbocycles. The highest BCUT2D eigenvalue weighted by Gasteiger charge is 2.13. The average molecular weight is 214 g/mol. The van der Waals surface area contributed by atoms with Gasteiger partial charge in [-0.3, -0.25) is 0 Å². The standard InChI is InChI=1S/C14H18N2/c1-2-3-6-11-16-12-7-10-15-13-8-4-5-9-14(13)16/h1,4-5,8-9,15H,3,6-7,10-12H2. The van der Waals surface area contributed by atoms with E-state index in [-0.39, 0.29) is 0 Å². The van der Waals surface area contributed by atoms with Crippen molar-refractivity contribution < 1.29 is 0 Å². The summed E-state index contributed by atoms with van der Waals surface area (Å²) >= 11 is 0. The molecule has 0 atom stereocenters. The van der Waals surface area contributed by atoms with Crippen molar-refractivity contribution in [2.24, 2.45) is 0 Å². The highest BCUT2D eigenvalue weighted by molar-refractivity contribution is 5.70. The van der Waals surface area contributed by atoms with E-state index in [1.807, 2.05) is 0 Å². The van der Waals surface area contributed by atoms with Crippen LogP contribution in [0, 0.1) is 12.3 Å². The molecule has 0 bridgehead atoms. The number of nitrogens with one attached hydrogen (secondary N) is 1. The van der Waals surface area contributed by atoms with Gasteiger partial charge < -0.3 is 10.2 Å². The van der Waals surface area contributed by atoms with E-state index in [1.54, 1.807) is 0 Å². The molecule has 1 aliphatic rings. The monoisotopic (exact) mass is 214 g/mol. The average Bonchev–Trinajstić information content (AvgIpc) is 2.52. The van der Waals surface area contributed by atoms with Crippen LogP contribution in [0.1, 0.15) is 19.3 Å². The molecule has 84 valence electrons. The zero-order valence-electron chi connectivity index (χ0n) is 9.58. The number of hydrogen-bond acceptors (Lipinski definition) is 2. The van der Waals surface area contributed by atoms with Crippen LogP contribution in [0.4, 0.5) is 11.4 Å². The van der Waals surface area contributed by atoms with E-state index < -0.39 is 0 Å². The number of hydrogen-bond donors (Lipinski definition) is 1. The van der Waals surface area contributed by atoms with Crippen molar-refractivity contribution >= 4 is 11.4 Å². The summed E-state index contributed by atoms with van der Waals surface area (Å²) in [5.74, 6) is 2.70. The van der Waals surface area contributed by atoms with Crippen LogP contribution in [-0.4, -0.2) is 19.6 Å². The molecule has 0 unspecified atom stereocenters. The second-order valence-electron chi connectivity index (χ2n) is 4.09. The van der Waals surface area contributed by atoms with Gasteiger partial charge in [0.25, 0.3) is 0 Å². The van der Waals surface area contributed by atoms with Crippen LogP contribution in [0.25, 0.3) is 0 Å². The van der Waals surface area contributed by atoms with Gasteiger partial charge >= 0.3 is 0 Å². The Labute approximate surface area is 97.7 Å². The summed E-state index contributed by atoms with van der Waals surface area (Å²) in [5, 5.41) is 3.46. The number of rotatable bonds is 3. The lowest BCUT2D eigenvalue weighted by molar-refractivity contribution is 0.726. The molecule has 0 spiro atoms. The molecule has 1 heterocycles. The molecule has 16 heavy (non-hydrogen) atoms. The maximum absolute atomic E-state index is 5.29. The summed E-state index contributed by atoms with van der Waals surface area (Å²) in [4.78, 5) is 2.44. The minimum atomic E-state index is 0.867. The topological polar surface area (TPSA) is 15.3 Å². The Balaban J connectivity index is 2.10. The maximum Gasteiger partial charge on any atom is 0.0602 e. The van der Waals surface area contributed by atoms with Crippen molar-refractivity contribution in [3.05, 3.63) is 24.3 Å². The summed E-state index contributed by atoms with van der Waals surface area (Å²) in [5.41, 5.74) is 2.57. The normalized spacial score (nSPS) is 14.6. The first-order valence-corrected chi connectivity index (χ1v) is 5.93. The number of fused-ring (bicyclic) bond motifs is 1. The van der Waals surface area contributed by atoms with Gasteiger partial charge in [-0.1, -0.05) is 12.1 Å². The molecule has 0 saturated carbocycles. The van der Waals surface area contributed by atoms with Crippen molar-refractivity contribution in [3.63, 3.8) is 0 Å².